The van der Waals surface area contributed by atoms with Crippen LogP contribution in [0.4, 0.5) is 14.3 Å². The van der Waals surface area contributed by atoms with Crippen molar-refractivity contribution in [2.24, 2.45) is 0 Å². The van der Waals surface area contributed by atoms with Crippen molar-refractivity contribution in [1.29, 1.82) is 0 Å². The second-order valence-corrected chi connectivity index (χ2v) is 12.6. The molecule has 2 aliphatic rings. The minimum atomic E-state index is -0.817. The molecule has 12 nitrogen and oxygen atoms in total. The van der Waals surface area contributed by atoms with E-state index in [-0.39, 0.29) is 56.8 Å². The van der Waals surface area contributed by atoms with Gasteiger partial charge in [0.25, 0.3) is 0 Å². The lowest BCUT2D eigenvalue weighted by molar-refractivity contribution is -0.157. The van der Waals surface area contributed by atoms with E-state index in [2.05, 4.69) is 27.1 Å². The molecule has 2 aromatic heterocycles. The third-order valence-electron chi connectivity index (χ3n) is 8.58. The number of hydrazine groups is 1. The average Bonchev–Trinajstić information content (AvgIpc) is 3.77. The van der Waals surface area contributed by atoms with Crippen molar-refractivity contribution in [1.82, 2.24) is 40.3 Å². The average molecular weight is 654 g/mol. The van der Waals surface area contributed by atoms with Crippen LogP contribution >= 0.6 is 11.3 Å². The van der Waals surface area contributed by atoms with Crippen LogP contribution in [0, 0.1) is 5.82 Å². The molecule has 0 bridgehead atoms. The van der Waals surface area contributed by atoms with E-state index in [1.165, 1.54) is 28.5 Å². The molecule has 2 fully saturated rings. The number of fused-ring (bicyclic) bond motifs is 3. The van der Waals surface area contributed by atoms with E-state index < -0.39 is 18.2 Å². The maximum Gasteiger partial charge on any atom is 0.332 e. The molecule has 4 N–H and O–H groups in total. The summed E-state index contributed by atoms with van der Waals surface area (Å²) in [5.41, 5.74) is 10.1. The summed E-state index contributed by atoms with van der Waals surface area (Å²) in [5, 5.41) is 14.4. The van der Waals surface area contributed by atoms with Gasteiger partial charge in [-0.1, -0.05) is 47.7 Å². The molecule has 3 aromatic carbocycles. The summed E-state index contributed by atoms with van der Waals surface area (Å²) in [6.07, 6.45) is 2.95. The van der Waals surface area contributed by atoms with Gasteiger partial charge >= 0.3 is 6.03 Å². The number of nitrogen functional groups attached to an aromatic ring is 1. The highest BCUT2D eigenvalue weighted by molar-refractivity contribution is 7.22. The number of nitrogens with zero attached hydrogens (tertiary/aromatic N) is 6. The molecule has 0 radical (unpaired) electrons. The number of hydrogen-bond acceptors (Lipinski definition) is 8. The minimum Gasteiger partial charge on any atom is -0.375 e. The second-order valence-electron chi connectivity index (χ2n) is 11.6. The van der Waals surface area contributed by atoms with Crippen molar-refractivity contribution in [2.75, 3.05) is 25.4 Å². The molecule has 240 valence electrons. The smallest absolute Gasteiger partial charge is 0.332 e. The Hall–Kier alpha value is -5.34. The molecule has 4 heterocycles. The summed E-state index contributed by atoms with van der Waals surface area (Å²) < 4.78 is 14.3. The van der Waals surface area contributed by atoms with Gasteiger partial charge in [-0.2, -0.15) is 10.1 Å². The largest absolute Gasteiger partial charge is 0.375 e. The summed E-state index contributed by atoms with van der Waals surface area (Å²) in [7, 11) is 0. The molecule has 2 atom stereocenters. The lowest BCUT2D eigenvalue weighted by Crippen LogP contribution is -2.66. The van der Waals surface area contributed by atoms with Gasteiger partial charge in [0.1, 0.15) is 18.0 Å². The minimum absolute atomic E-state index is 0.0982. The van der Waals surface area contributed by atoms with Gasteiger partial charge in [0.05, 0.1) is 41.6 Å². The molecule has 7 rings (SSSR count). The Morgan fingerprint density at radius 1 is 1.17 bits per heavy atom. The van der Waals surface area contributed by atoms with Crippen LogP contribution in [0.15, 0.2) is 79.5 Å². The zero-order chi connectivity index (χ0) is 32.7. The summed E-state index contributed by atoms with van der Waals surface area (Å²) >= 11 is 1.38. The first-order valence-electron chi connectivity index (χ1n) is 15.1. The highest BCUT2D eigenvalue weighted by Crippen LogP contribution is 2.32. The Balaban J connectivity index is 1.21. The third kappa shape index (κ3) is 5.88. The Labute approximate surface area is 273 Å². The lowest BCUT2D eigenvalue weighted by atomic mass is 9.99. The number of nitrogens with two attached hydrogens (primary N) is 1. The number of carbonyl (C=O) groups excluding carboxylic acids is 3. The molecular weight excluding hydrogens is 621 g/mol. The fraction of sp³-hybridized carbons (Fsp3) is 0.242. The van der Waals surface area contributed by atoms with E-state index in [0.717, 1.165) is 37.8 Å². The fourth-order valence-electron chi connectivity index (χ4n) is 6.39. The monoisotopic (exact) mass is 653 g/mol. The molecule has 0 aliphatic carbocycles. The highest BCUT2D eigenvalue weighted by Gasteiger charge is 2.52. The number of piperazine rings is 1. The molecule has 2 aliphatic heterocycles. The number of anilines is 1. The van der Waals surface area contributed by atoms with Gasteiger partial charge in [-0.05, 0) is 47.0 Å². The van der Waals surface area contributed by atoms with Crippen molar-refractivity contribution < 1.29 is 18.8 Å². The Morgan fingerprint density at radius 2 is 1.98 bits per heavy atom. The fourth-order valence-corrected chi connectivity index (χ4v) is 7.17. The number of carbonyl (C=O) groups is 3. The molecule has 5 aromatic rings. The summed E-state index contributed by atoms with van der Waals surface area (Å²) in [5.74, 6) is -0.818. The molecule has 0 unspecified atom stereocenters. The van der Waals surface area contributed by atoms with E-state index in [0.29, 0.717) is 5.13 Å². The van der Waals surface area contributed by atoms with Crippen molar-refractivity contribution in [3.8, 4) is 0 Å². The number of hydrogen-bond donors (Lipinski definition) is 3. The number of benzene rings is 3. The predicted octanol–water partition coefficient (Wildman–Crippen LogP) is 3.63. The SMILES string of the molecule is C=CCN(C(=O)NCc1ccc(F)cc1)N1CC(=O)N2[C@@H](Cc3ccc4[nH]ncc4c3)C(=O)N(Cc3cccc4sc(N)nc34)C[C@@H]21. The predicted molar refractivity (Wildman–Crippen MR) is 176 cm³/mol. The number of amides is 4. The normalized spacial score (nSPS) is 18.2. The number of thiazole rings is 1. The Kier molecular flexibility index (Phi) is 8.03. The van der Waals surface area contributed by atoms with Gasteiger partial charge in [0, 0.05) is 24.9 Å². The van der Waals surface area contributed by atoms with Crippen LogP contribution in [0.25, 0.3) is 21.1 Å². The lowest BCUT2D eigenvalue weighted by Gasteiger charge is -2.46. The number of H-pyrrole nitrogens is 1. The number of nitrogens with one attached hydrogen (secondary N) is 2. The van der Waals surface area contributed by atoms with Gasteiger partial charge in [0.2, 0.25) is 11.8 Å². The Morgan fingerprint density at radius 3 is 2.79 bits per heavy atom. The van der Waals surface area contributed by atoms with Crippen LogP contribution < -0.4 is 11.1 Å². The molecular formula is C33H32FN9O3S. The zero-order valence-electron chi connectivity index (χ0n) is 25.3. The van der Waals surface area contributed by atoms with Crippen LogP contribution in [0.5, 0.6) is 0 Å². The highest BCUT2D eigenvalue weighted by atomic mass is 32.1. The third-order valence-corrected chi connectivity index (χ3v) is 9.43. The number of urea groups is 1. The first-order valence-corrected chi connectivity index (χ1v) is 15.9. The zero-order valence-corrected chi connectivity index (χ0v) is 26.1. The maximum atomic E-state index is 14.3. The quantitative estimate of drug-likeness (QED) is 0.206. The van der Waals surface area contributed by atoms with Crippen LogP contribution in [0.3, 0.4) is 0 Å². The number of halogens is 1. The van der Waals surface area contributed by atoms with Crippen LogP contribution in [0.2, 0.25) is 0 Å². The number of rotatable bonds is 9. The standard InChI is InChI=1S/C33H32FN9O3S/c1-2-12-41(33(46)36-15-20-6-9-24(34)10-7-20)42-19-29(44)43-26(14-21-8-11-25-23(13-21)16-37-39-25)31(45)40(18-28(42)43)17-22-4-3-5-27-30(22)38-32(35)47-27/h2-11,13,16,26,28H,1,12,14-15,17-19H2,(H2,35,38)(H,36,46)(H,37,39)/t26-,28+/m0/s1. The molecule has 0 spiro atoms. The van der Waals surface area contributed by atoms with Crippen LogP contribution in [-0.4, -0.2) is 84.7 Å². The first kappa shape index (κ1) is 30.3. The topological polar surface area (TPSA) is 144 Å². The number of aromatic nitrogens is 3. The second kappa shape index (κ2) is 12.5. The first-order chi connectivity index (χ1) is 22.8. The van der Waals surface area contributed by atoms with E-state index in [1.807, 2.05) is 36.4 Å². The van der Waals surface area contributed by atoms with Gasteiger partial charge < -0.3 is 20.9 Å². The number of aromatic amines is 1. The van der Waals surface area contributed by atoms with Gasteiger partial charge in [-0.25, -0.2) is 14.2 Å². The summed E-state index contributed by atoms with van der Waals surface area (Å²) in [6, 6.07) is 16.2. The molecule has 0 saturated carbocycles. The van der Waals surface area contributed by atoms with Crippen molar-refractivity contribution in [2.45, 2.75) is 31.7 Å². The molecule has 47 heavy (non-hydrogen) atoms. The van der Waals surface area contributed by atoms with Crippen molar-refractivity contribution >= 4 is 55.4 Å². The molecule has 2 saturated heterocycles. The Bertz CT molecular complexity index is 1990. The van der Waals surface area contributed by atoms with Crippen LogP contribution in [-0.2, 0) is 29.1 Å². The van der Waals surface area contributed by atoms with E-state index in [4.69, 9.17) is 5.73 Å². The van der Waals surface area contributed by atoms with Crippen molar-refractivity contribution in [3.63, 3.8) is 0 Å². The van der Waals surface area contributed by atoms with Gasteiger partial charge in [0.15, 0.2) is 5.13 Å². The van der Waals surface area contributed by atoms with Gasteiger partial charge in [-0.15, -0.1) is 6.58 Å². The number of para-hydroxylation sites is 1. The van der Waals surface area contributed by atoms with E-state index >= 15 is 0 Å². The molecule has 4 amide bonds. The van der Waals surface area contributed by atoms with E-state index in [1.54, 1.807) is 39.2 Å². The van der Waals surface area contributed by atoms with Crippen LogP contribution in [0.1, 0.15) is 16.7 Å². The summed E-state index contributed by atoms with van der Waals surface area (Å²) in [4.78, 5) is 49.6. The van der Waals surface area contributed by atoms with Crippen molar-refractivity contribution in [3.05, 3.63) is 102 Å². The van der Waals surface area contributed by atoms with E-state index in [9.17, 15) is 18.8 Å². The summed E-state index contributed by atoms with van der Waals surface area (Å²) in [6.45, 7) is 4.44. The molecule has 14 heteroatoms. The maximum absolute atomic E-state index is 14.3. The van der Waals surface area contributed by atoms with Gasteiger partial charge in [-0.3, -0.25) is 19.7 Å².